The van der Waals surface area contributed by atoms with E-state index in [0.29, 0.717) is 0 Å². The van der Waals surface area contributed by atoms with Crippen molar-refractivity contribution in [1.82, 2.24) is 4.90 Å². The number of aliphatic hydroxyl groups is 1. The van der Waals surface area contributed by atoms with Crippen molar-refractivity contribution >= 4 is 6.09 Å². The molecule has 1 heterocycles. The molecule has 4 nitrogen and oxygen atoms in total. The molecule has 0 aromatic carbocycles. The van der Waals surface area contributed by atoms with Gasteiger partial charge in [0, 0.05) is 18.9 Å². The van der Waals surface area contributed by atoms with Gasteiger partial charge in [0.05, 0.1) is 12.6 Å². The van der Waals surface area contributed by atoms with Crippen LogP contribution in [0.5, 0.6) is 0 Å². The van der Waals surface area contributed by atoms with Gasteiger partial charge in [-0.25, -0.2) is 13.6 Å². The maximum absolute atomic E-state index is 12.2. The smallest absolute Gasteiger partial charge is 0.410 e. The summed E-state index contributed by atoms with van der Waals surface area (Å²) in [6.07, 6.45) is -4.31. The summed E-state index contributed by atoms with van der Waals surface area (Å²) < 4.78 is 29.5. The van der Waals surface area contributed by atoms with E-state index >= 15 is 0 Å². The van der Waals surface area contributed by atoms with Crippen molar-refractivity contribution in [2.24, 2.45) is 5.92 Å². The molecule has 0 saturated carbocycles. The van der Waals surface area contributed by atoms with Crippen LogP contribution in [0, 0.1) is 5.92 Å². The minimum absolute atomic E-state index is 0.0618. The maximum Gasteiger partial charge on any atom is 0.410 e. The number of ether oxygens (including phenoxy) is 1. The number of β-amino-alcohol motifs (C(OH)–C–C–N with tert-alkyl or cyclic N) is 1. The number of likely N-dealkylation sites (tertiary alicyclic amines) is 1. The monoisotopic (exact) mass is 251 g/mol. The fourth-order valence-electron chi connectivity index (χ4n) is 1.79. The second-order valence-corrected chi connectivity index (χ2v) is 5.34. The lowest BCUT2D eigenvalue weighted by Gasteiger charge is -2.24. The van der Waals surface area contributed by atoms with Crippen LogP contribution in [0.1, 0.15) is 27.2 Å². The lowest BCUT2D eigenvalue weighted by molar-refractivity contribution is 0.0269. The molecule has 0 aliphatic carbocycles. The van der Waals surface area contributed by atoms with Gasteiger partial charge >= 0.3 is 6.09 Å². The summed E-state index contributed by atoms with van der Waals surface area (Å²) in [6.45, 7) is 5.38. The quantitative estimate of drug-likeness (QED) is 0.815. The normalized spacial score (nSPS) is 25.5. The van der Waals surface area contributed by atoms with Crippen molar-refractivity contribution in [3.63, 3.8) is 0 Å². The topological polar surface area (TPSA) is 49.8 Å². The first-order chi connectivity index (χ1) is 7.69. The molecule has 6 heteroatoms. The van der Waals surface area contributed by atoms with Gasteiger partial charge in [-0.05, 0) is 20.8 Å². The minimum Gasteiger partial charge on any atom is -0.444 e. The number of carbonyl (C=O) groups excluding carboxylic acids is 1. The van der Waals surface area contributed by atoms with Crippen LogP contribution in [0.15, 0.2) is 0 Å². The summed E-state index contributed by atoms with van der Waals surface area (Å²) in [5.74, 6) is -0.567. The Hall–Kier alpha value is -0.910. The van der Waals surface area contributed by atoms with Crippen molar-refractivity contribution in [2.45, 2.75) is 45.3 Å². The van der Waals surface area contributed by atoms with Crippen molar-refractivity contribution in [3.8, 4) is 0 Å². The first-order valence-corrected chi connectivity index (χ1v) is 5.63. The Bertz CT molecular complexity index is 278. The molecule has 1 rings (SSSR count). The number of hydrogen-bond donors (Lipinski definition) is 1. The fraction of sp³-hybridized carbons (Fsp3) is 0.909. The summed E-state index contributed by atoms with van der Waals surface area (Å²) in [7, 11) is 0. The molecule has 0 spiro atoms. The van der Waals surface area contributed by atoms with Gasteiger partial charge in [-0.3, -0.25) is 0 Å². The summed E-state index contributed by atoms with van der Waals surface area (Å²) in [5, 5.41) is 9.57. The highest BCUT2D eigenvalue weighted by atomic mass is 19.3. The lowest BCUT2D eigenvalue weighted by atomic mass is 10.0. The van der Waals surface area contributed by atoms with Crippen molar-refractivity contribution in [2.75, 3.05) is 13.1 Å². The lowest BCUT2D eigenvalue weighted by Crippen LogP contribution is -2.35. The zero-order valence-corrected chi connectivity index (χ0v) is 10.3. The van der Waals surface area contributed by atoms with Gasteiger partial charge in [-0.2, -0.15) is 0 Å². The maximum atomic E-state index is 12.2. The molecule has 1 saturated heterocycles. The molecular formula is C11H19F2NO3. The predicted octanol–water partition coefficient (Wildman–Crippen LogP) is 1.87. The number of halogens is 2. The number of alkyl halides is 2. The summed E-state index contributed by atoms with van der Waals surface area (Å²) in [6, 6.07) is 0. The standard InChI is InChI=1S/C11H19F2NO3/c1-11(2,3)17-10(16)14-5-7(4-9(12)13)8(15)6-14/h7-9,15H,4-6H2,1-3H3. The summed E-state index contributed by atoms with van der Waals surface area (Å²) in [5.41, 5.74) is -0.622. The van der Waals surface area contributed by atoms with Crippen LogP contribution in [0.2, 0.25) is 0 Å². The largest absolute Gasteiger partial charge is 0.444 e. The first kappa shape index (κ1) is 14.2. The van der Waals surface area contributed by atoms with Crippen molar-refractivity contribution in [1.29, 1.82) is 0 Å². The molecule has 1 N–H and O–H groups in total. The van der Waals surface area contributed by atoms with Crippen LogP contribution < -0.4 is 0 Å². The molecule has 0 radical (unpaired) electrons. The van der Waals surface area contributed by atoms with E-state index in [0.717, 1.165) is 0 Å². The Morgan fingerprint density at radius 3 is 2.53 bits per heavy atom. The van der Waals surface area contributed by atoms with Crippen LogP contribution in [-0.2, 0) is 4.74 Å². The van der Waals surface area contributed by atoms with Gasteiger partial charge in [0.15, 0.2) is 0 Å². The third-order valence-corrected chi connectivity index (χ3v) is 2.54. The Balaban J connectivity index is 2.51. The number of amides is 1. The second kappa shape index (κ2) is 5.16. The third-order valence-electron chi connectivity index (χ3n) is 2.54. The van der Waals surface area contributed by atoms with Gasteiger partial charge in [-0.1, -0.05) is 0 Å². The third kappa shape index (κ3) is 4.46. The van der Waals surface area contributed by atoms with E-state index in [1.165, 1.54) is 4.90 Å². The summed E-state index contributed by atoms with van der Waals surface area (Å²) >= 11 is 0. The molecule has 17 heavy (non-hydrogen) atoms. The minimum atomic E-state index is -2.46. The molecule has 0 aromatic heterocycles. The van der Waals surface area contributed by atoms with Gasteiger partial charge in [0.1, 0.15) is 5.60 Å². The fourth-order valence-corrected chi connectivity index (χ4v) is 1.79. The van der Waals surface area contributed by atoms with Gasteiger partial charge in [0.2, 0.25) is 6.43 Å². The molecule has 0 aromatic rings. The molecule has 1 aliphatic rings. The highest BCUT2D eigenvalue weighted by Gasteiger charge is 2.37. The average molecular weight is 251 g/mol. The number of hydrogen-bond acceptors (Lipinski definition) is 3. The average Bonchev–Trinajstić information content (AvgIpc) is 2.44. The molecular weight excluding hydrogens is 232 g/mol. The van der Waals surface area contributed by atoms with E-state index < -0.39 is 30.1 Å². The van der Waals surface area contributed by atoms with E-state index in [1.54, 1.807) is 20.8 Å². The highest BCUT2D eigenvalue weighted by Crippen LogP contribution is 2.24. The van der Waals surface area contributed by atoms with E-state index in [4.69, 9.17) is 4.74 Å². The molecule has 1 amide bonds. The Morgan fingerprint density at radius 2 is 2.06 bits per heavy atom. The number of rotatable bonds is 2. The van der Waals surface area contributed by atoms with Gasteiger partial charge < -0.3 is 14.7 Å². The van der Waals surface area contributed by atoms with E-state index in [2.05, 4.69) is 0 Å². The zero-order valence-electron chi connectivity index (χ0n) is 10.3. The summed E-state index contributed by atoms with van der Waals surface area (Å²) in [4.78, 5) is 12.9. The SMILES string of the molecule is CC(C)(C)OC(=O)N1CC(O)C(CC(F)F)C1. The molecule has 2 unspecified atom stereocenters. The van der Waals surface area contributed by atoms with E-state index in [9.17, 15) is 18.7 Å². The van der Waals surface area contributed by atoms with Crippen LogP contribution in [0.3, 0.4) is 0 Å². The Kier molecular flexibility index (Phi) is 4.30. The van der Waals surface area contributed by atoms with Crippen molar-refractivity contribution < 1.29 is 23.4 Å². The number of carbonyl (C=O) groups is 1. The Labute approximate surface area is 99.5 Å². The van der Waals surface area contributed by atoms with Gasteiger partial charge in [0.25, 0.3) is 0 Å². The van der Waals surface area contributed by atoms with Crippen LogP contribution >= 0.6 is 0 Å². The van der Waals surface area contributed by atoms with Gasteiger partial charge in [-0.15, -0.1) is 0 Å². The second-order valence-electron chi connectivity index (χ2n) is 5.34. The number of aliphatic hydroxyl groups excluding tert-OH is 1. The van der Waals surface area contributed by atoms with Crippen molar-refractivity contribution in [3.05, 3.63) is 0 Å². The first-order valence-electron chi connectivity index (χ1n) is 5.63. The van der Waals surface area contributed by atoms with Crippen LogP contribution in [0.25, 0.3) is 0 Å². The van der Waals surface area contributed by atoms with Crippen LogP contribution in [-0.4, -0.2) is 47.3 Å². The highest BCUT2D eigenvalue weighted by molar-refractivity contribution is 5.68. The van der Waals surface area contributed by atoms with Crippen LogP contribution in [0.4, 0.5) is 13.6 Å². The molecule has 2 atom stereocenters. The molecule has 0 bridgehead atoms. The Morgan fingerprint density at radius 1 is 1.47 bits per heavy atom. The molecule has 1 fully saturated rings. The number of nitrogens with zero attached hydrogens (tertiary/aromatic N) is 1. The zero-order chi connectivity index (χ0) is 13.2. The van der Waals surface area contributed by atoms with E-state index in [-0.39, 0.29) is 19.5 Å². The molecule has 100 valence electrons. The predicted molar refractivity (Wildman–Crippen MR) is 57.9 cm³/mol. The van der Waals surface area contributed by atoms with E-state index in [1.807, 2.05) is 0 Å². The molecule has 1 aliphatic heterocycles.